The second-order valence-corrected chi connectivity index (χ2v) is 8.76. The molecule has 0 spiro atoms. The number of aromatic nitrogens is 3. The molecule has 2 amide bonds. The minimum atomic E-state index is -0.0702. The van der Waals surface area contributed by atoms with Crippen LogP contribution >= 0.6 is 11.6 Å². The summed E-state index contributed by atoms with van der Waals surface area (Å²) in [6.07, 6.45) is 5.69. The van der Waals surface area contributed by atoms with Crippen molar-refractivity contribution >= 4 is 46.3 Å². The van der Waals surface area contributed by atoms with Gasteiger partial charge in [0.25, 0.3) is 5.91 Å². The number of benzene rings is 1. The molecule has 1 aliphatic rings. The van der Waals surface area contributed by atoms with Gasteiger partial charge < -0.3 is 25.2 Å². The van der Waals surface area contributed by atoms with E-state index in [1.165, 1.54) is 6.20 Å². The molecule has 0 unspecified atom stereocenters. The molecular weight excluding hydrogens is 470 g/mol. The van der Waals surface area contributed by atoms with Crippen molar-refractivity contribution in [1.82, 2.24) is 24.6 Å². The number of nitrogens with one attached hydrogen (secondary N) is 2. The zero-order chi connectivity index (χ0) is 24.9. The summed E-state index contributed by atoms with van der Waals surface area (Å²) in [5.41, 5.74) is 3.65. The molecule has 0 aliphatic carbocycles. The van der Waals surface area contributed by atoms with Gasteiger partial charge in [0.15, 0.2) is 0 Å². The number of likely N-dealkylation sites (N-methyl/N-ethyl adjacent to an activating group) is 2. The predicted molar refractivity (Wildman–Crippen MR) is 135 cm³/mol. The number of halogens is 1. The van der Waals surface area contributed by atoms with Crippen molar-refractivity contribution in [2.45, 2.75) is 13.0 Å². The van der Waals surface area contributed by atoms with E-state index in [0.717, 1.165) is 12.0 Å². The number of rotatable bonds is 9. The number of amides is 2. The third kappa shape index (κ3) is 5.72. The monoisotopic (exact) mass is 497 g/mol. The van der Waals surface area contributed by atoms with Gasteiger partial charge in [0, 0.05) is 46.6 Å². The smallest absolute Gasteiger partial charge is 0.255 e. The highest BCUT2D eigenvalue weighted by Crippen LogP contribution is 2.32. The SMILES string of the molecule is COCCN(C)C(=O)Cn1cc(Nc2cc(Nc3cccc4c3C(=O)N(C)CC4)c(Cl)cn2)cn1. The molecule has 2 N–H and O–H groups in total. The molecule has 0 saturated carbocycles. The third-order valence-corrected chi connectivity index (χ3v) is 6.11. The number of hydrogen-bond acceptors (Lipinski definition) is 7. The molecule has 11 heteroatoms. The van der Waals surface area contributed by atoms with Crippen molar-refractivity contribution in [1.29, 1.82) is 0 Å². The van der Waals surface area contributed by atoms with Crippen LogP contribution in [0.1, 0.15) is 15.9 Å². The Morgan fingerprint density at radius 3 is 2.89 bits per heavy atom. The van der Waals surface area contributed by atoms with E-state index in [1.54, 1.807) is 54.1 Å². The average molecular weight is 498 g/mol. The fraction of sp³-hybridized carbons (Fsp3) is 0.333. The molecule has 4 rings (SSSR count). The maximum atomic E-state index is 12.8. The molecular formula is C24H28ClN7O3. The topological polar surface area (TPSA) is 105 Å². The van der Waals surface area contributed by atoms with E-state index >= 15 is 0 Å². The summed E-state index contributed by atoms with van der Waals surface area (Å²) in [6.45, 7) is 1.80. The lowest BCUT2D eigenvalue weighted by Gasteiger charge is -2.27. The fourth-order valence-corrected chi connectivity index (χ4v) is 3.92. The number of carbonyl (C=O) groups is 2. The third-order valence-electron chi connectivity index (χ3n) is 5.81. The van der Waals surface area contributed by atoms with Gasteiger partial charge in [-0.25, -0.2) is 4.98 Å². The van der Waals surface area contributed by atoms with Crippen LogP contribution in [-0.2, 0) is 22.5 Å². The highest BCUT2D eigenvalue weighted by Gasteiger charge is 2.24. The lowest BCUT2D eigenvalue weighted by Crippen LogP contribution is -2.34. The summed E-state index contributed by atoms with van der Waals surface area (Å²) in [7, 11) is 5.13. The van der Waals surface area contributed by atoms with Crippen LogP contribution in [0.15, 0.2) is 42.9 Å². The van der Waals surface area contributed by atoms with Gasteiger partial charge >= 0.3 is 0 Å². The minimum Gasteiger partial charge on any atom is -0.383 e. The molecule has 0 saturated heterocycles. The fourth-order valence-electron chi connectivity index (χ4n) is 3.77. The van der Waals surface area contributed by atoms with Crippen LogP contribution in [0.2, 0.25) is 5.02 Å². The van der Waals surface area contributed by atoms with Crippen molar-refractivity contribution in [2.24, 2.45) is 0 Å². The van der Waals surface area contributed by atoms with Crippen molar-refractivity contribution in [2.75, 3.05) is 51.5 Å². The Kier molecular flexibility index (Phi) is 7.52. The highest BCUT2D eigenvalue weighted by molar-refractivity contribution is 6.33. The van der Waals surface area contributed by atoms with E-state index in [4.69, 9.17) is 16.3 Å². The van der Waals surface area contributed by atoms with Crippen molar-refractivity contribution < 1.29 is 14.3 Å². The Balaban J connectivity index is 1.47. The number of methoxy groups -OCH3 is 1. The first kappa shape index (κ1) is 24.5. The van der Waals surface area contributed by atoms with E-state index in [1.807, 2.05) is 18.2 Å². The first-order valence-electron chi connectivity index (χ1n) is 11.2. The van der Waals surface area contributed by atoms with E-state index in [9.17, 15) is 9.59 Å². The zero-order valence-corrected chi connectivity index (χ0v) is 20.7. The number of anilines is 4. The molecule has 184 valence electrons. The number of ether oxygens (including phenoxy) is 1. The van der Waals surface area contributed by atoms with Crippen LogP contribution in [0.4, 0.5) is 22.9 Å². The second kappa shape index (κ2) is 10.7. The standard InChI is InChI=1S/C24H28ClN7O3/c1-30(9-10-35-3)22(33)15-32-14-17(12-27-32)28-21-11-20(18(25)13-26-21)29-19-6-4-5-16-7-8-31(2)24(34)23(16)19/h4-6,11-14H,7-10,15H2,1-3H3,(H2,26,28,29). The maximum Gasteiger partial charge on any atom is 0.255 e. The van der Waals surface area contributed by atoms with Gasteiger partial charge in [0.05, 0.1) is 46.6 Å². The van der Waals surface area contributed by atoms with Crippen LogP contribution in [0, 0.1) is 0 Å². The lowest BCUT2D eigenvalue weighted by molar-refractivity contribution is -0.131. The van der Waals surface area contributed by atoms with Crippen molar-refractivity contribution in [3.05, 3.63) is 59.0 Å². The van der Waals surface area contributed by atoms with Gasteiger partial charge in [0.2, 0.25) is 5.91 Å². The molecule has 0 radical (unpaired) electrons. The predicted octanol–water partition coefficient (Wildman–Crippen LogP) is 3.15. The molecule has 1 aromatic carbocycles. The van der Waals surface area contributed by atoms with Crippen LogP contribution in [0.25, 0.3) is 0 Å². The Morgan fingerprint density at radius 2 is 2.09 bits per heavy atom. The lowest BCUT2D eigenvalue weighted by atomic mass is 9.97. The van der Waals surface area contributed by atoms with E-state index < -0.39 is 0 Å². The van der Waals surface area contributed by atoms with Gasteiger partial charge in [-0.1, -0.05) is 23.7 Å². The minimum absolute atomic E-state index is 0.0206. The summed E-state index contributed by atoms with van der Waals surface area (Å²) in [5.74, 6) is 0.445. The Labute approximate surface area is 208 Å². The zero-order valence-electron chi connectivity index (χ0n) is 19.9. The van der Waals surface area contributed by atoms with Crippen LogP contribution < -0.4 is 10.6 Å². The highest BCUT2D eigenvalue weighted by atomic mass is 35.5. The van der Waals surface area contributed by atoms with Crippen molar-refractivity contribution in [3.8, 4) is 0 Å². The van der Waals surface area contributed by atoms with Crippen LogP contribution in [0.3, 0.4) is 0 Å². The average Bonchev–Trinajstić information content (AvgIpc) is 3.28. The van der Waals surface area contributed by atoms with Gasteiger partial charge in [-0.15, -0.1) is 0 Å². The molecule has 0 bridgehead atoms. The summed E-state index contributed by atoms with van der Waals surface area (Å²) in [6, 6.07) is 7.53. The Morgan fingerprint density at radius 1 is 1.26 bits per heavy atom. The van der Waals surface area contributed by atoms with Crippen LogP contribution in [-0.4, -0.2) is 77.3 Å². The molecule has 10 nitrogen and oxygen atoms in total. The maximum absolute atomic E-state index is 12.8. The number of fused-ring (bicyclic) bond motifs is 1. The Hall–Kier alpha value is -3.63. The van der Waals surface area contributed by atoms with Crippen LogP contribution in [0.5, 0.6) is 0 Å². The summed E-state index contributed by atoms with van der Waals surface area (Å²) < 4.78 is 6.57. The first-order valence-corrected chi connectivity index (χ1v) is 11.6. The number of pyridine rings is 1. The molecule has 1 aliphatic heterocycles. The quantitative estimate of drug-likeness (QED) is 0.468. The first-order chi connectivity index (χ1) is 16.9. The van der Waals surface area contributed by atoms with E-state index in [2.05, 4.69) is 20.7 Å². The number of carbonyl (C=O) groups excluding carboxylic acids is 2. The Bertz CT molecular complexity index is 1230. The van der Waals surface area contributed by atoms with Crippen molar-refractivity contribution in [3.63, 3.8) is 0 Å². The number of nitrogens with zero attached hydrogens (tertiary/aromatic N) is 5. The van der Waals surface area contributed by atoms with Gasteiger partial charge in [-0.05, 0) is 18.1 Å². The molecule has 35 heavy (non-hydrogen) atoms. The molecule has 0 atom stereocenters. The molecule has 3 heterocycles. The van der Waals surface area contributed by atoms with Gasteiger partial charge in [-0.2, -0.15) is 5.10 Å². The molecule has 0 fully saturated rings. The summed E-state index contributed by atoms with van der Waals surface area (Å²) in [5, 5.41) is 11.1. The van der Waals surface area contributed by atoms with Gasteiger partial charge in [0.1, 0.15) is 12.4 Å². The van der Waals surface area contributed by atoms with E-state index in [0.29, 0.717) is 53.2 Å². The molecule has 2 aromatic heterocycles. The summed E-state index contributed by atoms with van der Waals surface area (Å²) >= 11 is 6.41. The summed E-state index contributed by atoms with van der Waals surface area (Å²) in [4.78, 5) is 32.7. The molecule has 3 aromatic rings. The largest absolute Gasteiger partial charge is 0.383 e. The number of hydrogen-bond donors (Lipinski definition) is 2. The normalized spacial score (nSPS) is 12.9. The van der Waals surface area contributed by atoms with Gasteiger partial charge in [-0.3, -0.25) is 14.3 Å². The second-order valence-electron chi connectivity index (χ2n) is 8.35. The van der Waals surface area contributed by atoms with E-state index in [-0.39, 0.29) is 18.4 Å².